The molecule has 7 heteroatoms. The van der Waals surface area contributed by atoms with Gasteiger partial charge in [0.05, 0.1) is 26.3 Å². The molecule has 0 aromatic heterocycles. The first kappa shape index (κ1) is 17.8. The van der Waals surface area contributed by atoms with Crippen LogP contribution in [0.1, 0.15) is 25.8 Å². The molecule has 0 saturated heterocycles. The predicted octanol–water partition coefficient (Wildman–Crippen LogP) is 0.673. The third-order valence-corrected chi connectivity index (χ3v) is 2.90. The highest BCUT2D eigenvalue weighted by molar-refractivity contribution is 6.61. The lowest BCUT2D eigenvalue weighted by atomic mass is 9.78. The molecule has 2 N–H and O–H groups in total. The number of rotatable bonds is 9. The minimum absolute atomic E-state index is 0.194. The van der Waals surface area contributed by atoms with Gasteiger partial charge in [0.1, 0.15) is 11.5 Å². The molecule has 0 aliphatic heterocycles. The van der Waals surface area contributed by atoms with Gasteiger partial charge in [-0.15, -0.1) is 0 Å². The van der Waals surface area contributed by atoms with E-state index < -0.39 is 7.12 Å². The molecule has 6 nitrogen and oxygen atoms in total. The van der Waals surface area contributed by atoms with Gasteiger partial charge in [-0.1, -0.05) is 6.92 Å². The summed E-state index contributed by atoms with van der Waals surface area (Å²) in [5.74, 6) is 0.676. The summed E-state index contributed by atoms with van der Waals surface area (Å²) >= 11 is 0. The van der Waals surface area contributed by atoms with Crippen molar-refractivity contribution in [3.05, 3.63) is 17.7 Å². The van der Waals surface area contributed by atoms with E-state index in [0.717, 1.165) is 12.0 Å². The first-order chi connectivity index (χ1) is 10.0. The Morgan fingerprint density at radius 2 is 1.67 bits per heavy atom. The SMILES string of the molecule is CCCOC(C)OCc1cc(OC)c(B(O)O)c(OC)c1. The number of benzene rings is 1. The minimum atomic E-state index is -1.67. The van der Waals surface area contributed by atoms with Crippen LogP contribution in [0, 0.1) is 0 Å². The fourth-order valence-corrected chi connectivity index (χ4v) is 1.88. The Labute approximate surface area is 125 Å². The highest BCUT2D eigenvalue weighted by atomic mass is 16.7. The summed E-state index contributed by atoms with van der Waals surface area (Å²) in [6, 6.07) is 3.37. The number of hydrogen-bond donors (Lipinski definition) is 2. The summed E-state index contributed by atoms with van der Waals surface area (Å²) in [4.78, 5) is 0. The quantitative estimate of drug-likeness (QED) is 0.515. The average Bonchev–Trinajstić information content (AvgIpc) is 2.49. The van der Waals surface area contributed by atoms with Crippen LogP contribution in [-0.2, 0) is 16.1 Å². The molecule has 1 unspecified atom stereocenters. The molecule has 0 heterocycles. The van der Waals surface area contributed by atoms with Gasteiger partial charge in [-0.25, -0.2) is 0 Å². The van der Waals surface area contributed by atoms with Gasteiger partial charge in [0.2, 0.25) is 0 Å². The Hall–Kier alpha value is -1.28. The van der Waals surface area contributed by atoms with E-state index in [4.69, 9.17) is 18.9 Å². The molecule has 0 fully saturated rings. The van der Waals surface area contributed by atoms with E-state index in [1.807, 2.05) is 13.8 Å². The normalized spacial score (nSPS) is 12.1. The van der Waals surface area contributed by atoms with Crippen molar-refractivity contribution in [2.75, 3.05) is 20.8 Å². The van der Waals surface area contributed by atoms with E-state index in [1.54, 1.807) is 12.1 Å². The van der Waals surface area contributed by atoms with Crippen LogP contribution in [0.15, 0.2) is 12.1 Å². The van der Waals surface area contributed by atoms with Crippen LogP contribution < -0.4 is 14.9 Å². The lowest BCUT2D eigenvalue weighted by Gasteiger charge is -2.17. The molecule has 21 heavy (non-hydrogen) atoms. The molecule has 1 rings (SSSR count). The van der Waals surface area contributed by atoms with Crippen LogP contribution in [0.5, 0.6) is 11.5 Å². The second-order valence-electron chi connectivity index (χ2n) is 4.54. The van der Waals surface area contributed by atoms with E-state index in [-0.39, 0.29) is 11.8 Å². The van der Waals surface area contributed by atoms with Crippen LogP contribution in [0.4, 0.5) is 0 Å². The van der Waals surface area contributed by atoms with Gasteiger partial charge < -0.3 is 29.0 Å². The molecule has 0 saturated carbocycles. The number of methoxy groups -OCH3 is 2. The average molecular weight is 298 g/mol. The summed E-state index contributed by atoms with van der Waals surface area (Å²) in [6.07, 6.45) is 0.614. The topological polar surface area (TPSA) is 77.4 Å². The largest absolute Gasteiger partial charge is 0.497 e. The monoisotopic (exact) mass is 298 g/mol. The van der Waals surface area contributed by atoms with Crippen LogP contribution in [0.25, 0.3) is 0 Å². The molecule has 0 aliphatic rings. The molecule has 118 valence electrons. The summed E-state index contributed by atoms with van der Waals surface area (Å²) in [7, 11) is 1.24. The van der Waals surface area contributed by atoms with Crippen molar-refractivity contribution in [1.29, 1.82) is 0 Å². The molecular formula is C14H23BO6. The van der Waals surface area contributed by atoms with E-state index >= 15 is 0 Å². The van der Waals surface area contributed by atoms with E-state index in [1.165, 1.54) is 14.2 Å². The molecule has 0 spiro atoms. The fourth-order valence-electron chi connectivity index (χ4n) is 1.88. The van der Waals surface area contributed by atoms with Crippen molar-refractivity contribution in [3.63, 3.8) is 0 Å². The van der Waals surface area contributed by atoms with Crippen molar-refractivity contribution in [1.82, 2.24) is 0 Å². The molecular weight excluding hydrogens is 275 g/mol. The molecule has 0 bridgehead atoms. The van der Waals surface area contributed by atoms with Gasteiger partial charge in [0.25, 0.3) is 0 Å². The van der Waals surface area contributed by atoms with Crippen molar-refractivity contribution in [2.45, 2.75) is 33.2 Å². The highest BCUT2D eigenvalue weighted by Gasteiger charge is 2.23. The highest BCUT2D eigenvalue weighted by Crippen LogP contribution is 2.21. The van der Waals surface area contributed by atoms with Gasteiger partial charge in [0.15, 0.2) is 6.29 Å². The third kappa shape index (κ3) is 5.20. The number of ether oxygens (including phenoxy) is 4. The van der Waals surface area contributed by atoms with Gasteiger partial charge in [-0.05, 0) is 31.0 Å². The van der Waals surface area contributed by atoms with Crippen molar-refractivity contribution in [3.8, 4) is 11.5 Å². The maximum absolute atomic E-state index is 9.40. The third-order valence-electron chi connectivity index (χ3n) is 2.90. The van der Waals surface area contributed by atoms with E-state index in [2.05, 4.69) is 0 Å². The molecule has 1 atom stereocenters. The van der Waals surface area contributed by atoms with Gasteiger partial charge in [-0.3, -0.25) is 0 Å². The molecule has 0 radical (unpaired) electrons. The maximum atomic E-state index is 9.40. The van der Waals surface area contributed by atoms with Crippen molar-refractivity contribution >= 4 is 12.6 Å². The summed E-state index contributed by atoms with van der Waals surface area (Å²) in [5.41, 5.74) is 0.985. The second-order valence-corrected chi connectivity index (χ2v) is 4.54. The lowest BCUT2D eigenvalue weighted by Crippen LogP contribution is -2.32. The standard InChI is InChI=1S/C14H23BO6/c1-5-6-20-10(2)21-9-11-7-12(18-3)14(15(16)17)13(8-11)19-4/h7-8,10,16-17H,5-6,9H2,1-4H3. The molecule has 1 aromatic carbocycles. The summed E-state index contributed by atoms with van der Waals surface area (Å²) in [5, 5.41) is 18.8. The van der Waals surface area contributed by atoms with Crippen LogP contribution >= 0.6 is 0 Å². The maximum Gasteiger partial charge on any atom is 0.496 e. The summed E-state index contributed by atoms with van der Waals surface area (Å²) < 4.78 is 21.3. The van der Waals surface area contributed by atoms with Gasteiger partial charge in [-0.2, -0.15) is 0 Å². The Morgan fingerprint density at radius 3 is 2.10 bits per heavy atom. The smallest absolute Gasteiger partial charge is 0.496 e. The van der Waals surface area contributed by atoms with Crippen molar-refractivity contribution in [2.24, 2.45) is 0 Å². The second kappa shape index (κ2) is 8.89. The molecule has 1 aromatic rings. The summed E-state index contributed by atoms with van der Waals surface area (Å²) in [6.45, 7) is 4.81. The van der Waals surface area contributed by atoms with E-state index in [9.17, 15) is 10.0 Å². The zero-order valence-corrected chi connectivity index (χ0v) is 13.0. The van der Waals surface area contributed by atoms with Crippen LogP contribution in [-0.4, -0.2) is 44.3 Å². The van der Waals surface area contributed by atoms with Gasteiger partial charge in [0, 0.05) is 6.61 Å². The fraction of sp³-hybridized carbons (Fsp3) is 0.571. The predicted molar refractivity (Wildman–Crippen MR) is 79.9 cm³/mol. The molecule has 0 amide bonds. The number of hydrogen-bond acceptors (Lipinski definition) is 6. The van der Waals surface area contributed by atoms with Crippen LogP contribution in [0.2, 0.25) is 0 Å². The van der Waals surface area contributed by atoms with Crippen LogP contribution in [0.3, 0.4) is 0 Å². The zero-order chi connectivity index (χ0) is 15.8. The Bertz CT molecular complexity index is 412. The minimum Gasteiger partial charge on any atom is -0.497 e. The van der Waals surface area contributed by atoms with E-state index in [0.29, 0.717) is 24.7 Å². The first-order valence-electron chi connectivity index (χ1n) is 6.87. The Kier molecular flexibility index (Phi) is 7.52. The molecule has 0 aliphatic carbocycles. The Balaban J connectivity index is 2.84. The Morgan fingerprint density at radius 1 is 1.10 bits per heavy atom. The lowest BCUT2D eigenvalue weighted by molar-refractivity contribution is -0.137. The zero-order valence-electron chi connectivity index (χ0n) is 13.0. The first-order valence-corrected chi connectivity index (χ1v) is 6.87. The van der Waals surface area contributed by atoms with Crippen molar-refractivity contribution < 1.29 is 29.0 Å². The van der Waals surface area contributed by atoms with Gasteiger partial charge >= 0.3 is 7.12 Å².